The van der Waals surface area contributed by atoms with Gasteiger partial charge in [0.05, 0.1) is 10.6 Å². The second-order valence-corrected chi connectivity index (χ2v) is 8.88. The van der Waals surface area contributed by atoms with Crippen LogP contribution in [-0.4, -0.2) is 20.0 Å². The van der Waals surface area contributed by atoms with Crippen LogP contribution in [0.25, 0.3) is 0 Å². The Morgan fingerprint density at radius 2 is 1.46 bits per heavy atom. The lowest BCUT2D eigenvalue weighted by Crippen LogP contribution is -2.23. The van der Waals surface area contributed by atoms with Crippen molar-refractivity contribution in [3.05, 3.63) is 63.5 Å². The maximum absolute atomic E-state index is 13.2. The van der Waals surface area contributed by atoms with E-state index in [1.54, 1.807) is 26.0 Å². The molecular weight excluding hydrogens is 399 g/mol. The summed E-state index contributed by atoms with van der Waals surface area (Å²) in [5.41, 5.74) is 5.59. The molecule has 0 aliphatic heterocycles. The number of alkyl halides is 1. The summed E-state index contributed by atoms with van der Waals surface area (Å²) in [5, 5.41) is 4.17. The standard InChI is InChI=1S/C21H26ClFN2O2S/c1-13-14(2)16(4)21(17(5)15(13)3)28(26,27)25-24-20(7-6-12-22)18-8-10-19(23)11-9-18/h8-11,25H,6-7,12H2,1-5H3/b24-20-. The monoisotopic (exact) mass is 424 g/mol. The van der Waals surface area contributed by atoms with E-state index in [9.17, 15) is 12.8 Å². The molecule has 7 heteroatoms. The molecule has 0 fully saturated rings. The van der Waals surface area contributed by atoms with E-state index in [4.69, 9.17) is 11.6 Å². The van der Waals surface area contributed by atoms with Gasteiger partial charge in [0.15, 0.2) is 0 Å². The van der Waals surface area contributed by atoms with Crippen LogP contribution in [0.4, 0.5) is 4.39 Å². The molecule has 2 rings (SSSR count). The van der Waals surface area contributed by atoms with E-state index in [0.29, 0.717) is 41.1 Å². The minimum Gasteiger partial charge on any atom is -0.207 e. The van der Waals surface area contributed by atoms with Gasteiger partial charge in [0, 0.05) is 5.88 Å². The van der Waals surface area contributed by atoms with Crippen LogP contribution in [0.3, 0.4) is 0 Å². The van der Waals surface area contributed by atoms with Gasteiger partial charge in [-0.05, 0) is 93.0 Å². The van der Waals surface area contributed by atoms with E-state index in [1.807, 2.05) is 20.8 Å². The smallest absolute Gasteiger partial charge is 0.207 e. The molecule has 0 bridgehead atoms. The molecule has 0 atom stereocenters. The first-order chi connectivity index (χ1) is 13.1. The van der Waals surface area contributed by atoms with Gasteiger partial charge >= 0.3 is 0 Å². The van der Waals surface area contributed by atoms with Crippen molar-refractivity contribution in [1.82, 2.24) is 4.83 Å². The summed E-state index contributed by atoms with van der Waals surface area (Å²) in [7, 11) is -3.86. The molecule has 1 N–H and O–H groups in total. The van der Waals surface area contributed by atoms with E-state index < -0.39 is 10.0 Å². The van der Waals surface area contributed by atoms with E-state index in [1.165, 1.54) is 12.1 Å². The third kappa shape index (κ3) is 4.73. The Bertz CT molecular complexity index is 971. The van der Waals surface area contributed by atoms with Gasteiger partial charge in [0.25, 0.3) is 10.0 Å². The predicted molar refractivity (Wildman–Crippen MR) is 113 cm³/mol. The first-order valence-electron chi connectivity index (χ1n) is 9.07. The number of hydrogen-bond donors (Lipinski definition) is 1. The molecule has 2 aromatic carbocycles. The fraction of sp³-hybridized carbons (Fsp3) is 0.381. The predicted octanol–water partition coefficient (Wildman–Crippen LogP) is 5.07. The number of hydrazone groups is 1. The van der Waals surface area contributed by atoms with Crippen LogP contribution in [0.15, 0.2) is 34.3 Å². The lowest BCUT2D eigenvalue weighted by atomic mass is 9.95. The second-order valence-electron chi connectivity index (χ2n) is 6.91. The van der Waals surface area contributed by atoms with Gasteiger partial charge in [0.2, 0.25) is 0 Å². The Balaban J connectivity index is 2.47. The highest BCUT2D eigenvalue weighted by molar-refractivity contribution is 7.89. The Labute approximate surface area is 171 Å². The average molecular weight is 425 g/mol. The first-order valence-corrected chi connectivity index (χ1v) is 11.1. The zero-order chi connectivity index (χ0) is 21.1. The summed E-state index contributed by atoms with van der Waals surface area (Å²) in [6.45, 7) is 9.45. The molecule has 0 aliphatic carbocycles. The van der Waals surface area contributed by atoms with Gasteiger partial charge in [-0.1, -0.05) is 12.1 Å². The SMILES string of the molecule is Cc1c(C)c(C)c(S(=O)(=O)N/N=C(/CCCCl)c2ccc(F)cc2)c(C)c1C. The molecule has 0 heterocycles. The molecule has 0 aliphatic rings. The normalized spacial score (nSPS) is 12.3. The fourth-order valence-electron chi connectivity index (χ4n) is 3.17. The summed E-state index contributed by atoms with van der Waals surface area (Å²) < 4.78 is 39.3. The Morgan fingerprint density at radius 1 is 0.964 bits per heavy atom. The lowest BCUT2D eigenvalue weighted by molar-refractivity contribution is 0.582. The van der Waals surface area contributed by atoms with E-state index >= 15 is 0 Å². The molecule has 2 aromatic rings. The van der Waals surface area contributed by atoms with Crippen LogP contribution in [0, 0.1) is 40.4 Å². The molecule has 0 saturated carbocycles. The Morgan fingerprint density at radius 3 is 1.96 bits per heavy atom. The molecule has 152 valence electrons. The number of rotatable bonds is 7. The summed E-state index contributed by atoms with van der Waals surface area (Å²) in [6.07, 6.45) is 1.10. The van der Waals surface area contributed by atoms with E-state index in [-0.39, 0.29) is 10.7 Å². The van der Waals surface area contributed by atoms with Crippen molar-refractivity contribution >= 4 is 27.3 Å². The van der Waals surface area contributed by atoms with Crippen molar-refractivity contribution in [1.29, 1.82) is 0 Å². The molecule has 0 radical (unpaired) electrons. The zero-order valence-electron chi connectivity index (χ0n) is 16.9. The lowest BCUT2D eigenvalue weighted by Gasteiger charge is -2.18. The van der Waals surface area contributed by atoms with Crippen LogP contribution in [0.1, 0.15) is 46.2 Å². The Hall–Kier alpha value is -1.92. The topological polar surface area (TPSA) is 58.5 Å². The van der Waals surface area contributed by atoms with Crippen molar-refractivity contribution < 1.29 is 12.8 Å². The van der Waals surface area contributed by atoms with Crippen LogP contribution in [0.2, 0.25) is 0 Å². The second kappa shape index (κ2) is 9.05. The number of benzene rings is 2. The third-order valence-electron chi connectivity index (χ3n) is 5.23. The molecule has 0 saturated heterocycles. The summed E-state index contributed by atoms with van der Waals surface area (Å²) in [4.78, 5) is 2.63. The van der Waals surface area contributed by atoms with Gasteiger partial charge in [-0.25, -0.2) is 4.39 Å². The highest BCUT2D eigenvalue weighted by Gasteiger charge is 2.23. The van der Waals surface area contributed by atoms with Crippen molar-refractivity contribution in [2.45, 2.75) is 52.4 Å². The molecule has 0 amide bonds. The number of nitrogens with one attached hydrogen (secondary N) is 1. The van der Waals surface area contributed by atoms with Crippen molar-refractivity contribution in [3.63, 3.8) is 0 Å². The van der Waals surface area contributed by atoms with Crippen LogP contribution >= 0.6 is 11.6 Å². The van der Waals surface area contributed by atoms with Crippen LogP contribution in [-0.2, 0) is 10.0 Å². The van der Waals surface area contributed by atoms with Gasteiger partial charge in [-0.15, -0.1) is 11.6 Å². The molecule has 0 aromatic heterocycles. The van der Waals surface area contributed by atoms with Crippen molar-refractivity contribution in [2.24, 2.45) is 5.10 Å². The van der Waals surface area contributed by atoms with Gasteiger partial charge in [0.1, 0.15) is 5.82 Å². The maximum Gasteiger partial charge on any atom is 0.277 e. The summed E-state index contributed by atoms with van der Waals surface area (Å²) >= 11 is 5.78. The Kier molecular flexibility index (Phi) is 7.23. The zero-order valence-corrected chi connectivity index (χ0v) is 18.4. The summed E-state index contributed by atoms with van der Waals surface area (Å²) in [5.74, 6) is 0.0551. The van der Waals surface area contributed by atoms with E-state index in [2.05, 4.69) is 9.93 Å². The third-order valence-corrected chi connectivity index (χ3v) is 6.97. The fourth-order valence-corrected chi connectivity index (χ4v) is 4.74. The quantitative estimate of drug-likeness (QED) is 0.383. The van der Waals surface area contributed by atoms with Crippen LogP contribution in [0.5, 0.6) is 0 Å². The average Bonchev–Trinajstić information content (AvgIpc) is 2.65. The maximum atomic E-state index is 13.2. The minimum atomic E-state index is -3.86. The molecule has 0 unspecified atom stereocenters. The van der Waals surface area contributed by atoms with Gasteiger partial charge < -0.3 is 0 Å². The largest absolute Gasteiger partial charge is 0.277 e. The van der Waals surface area contributed by atoms with Crippen LogP contribution < -0.4 is 4.83 Å². The van der Waals surface area contributed by atoms with Crippen molar-refractivity contribution in [2.75, 3.05) is 5.88 Å². The summed E-state index contributed by atoms with van der Waals surface area (Å²) in [6, 6.07) is 5.79. The number of sulfonamides is 1. The number of nitrogens with zero attached hydrogens (tertiary/aromatic N) is 1. The first kappa shape index (κ1) is 22.4. The van der Waals surface area contributed by atoms with Gasteiger partial charge in [-0.2, -0.15) is 18.4 Å². The van der Waals surface area contributed by atoms with Gasteiger partial charge in [-0.3, -0.25) is 0 Å². The van der Waals surface area contributed by atoms with Crippen molar-refractivity contribution in [3.8, 4) is 0 Å². The minimum absolute atomic E-state index is 0.257. The molecule has 28 heavy (non-hydrogen) atoms. The number of halogens is 2. The molecule has 4 nitrogen and oxygen atoms in total. The highest BCUT2D eigenvalue weighted by atomic mass is 35.5. The highest BCUT2D eigenvalue weighted by Crippen LogP contribution is 2.29. The molecular formula is C21H26ClFN2O2S. The number of hydrogen-bond acceptors (Lipinski definition) is 3. The molecule has 0 spiro atoms. The van der Waals surface area contributed by atoms with E-state index in [0.717, 1.165) is 16.7 Å².